The lowest BCUT2D eigenvalue weighted by Crippen LogP contribution is -2.36. The van der Waals surface area contributed by atoms with Gasteiger partial charge in [0.2, 0.25) is 0 Å². The SMILES string of the molecule is Br.CCc1ccc2c(n1)C(=N)N(CC(=O)c1cc3c(c(C(C)(C)C)c1)OCCN3CCC(=O)O)C2. The Morgan fingerprint density at radius 2 is 1.94 bits per heavy atom. The van der Waals surface area contributed by atoms with E-state index < -0.39 is 5.97 Å². The number of hydrogen-bond acceptors (Lipinski definition) is 6. The lowest BCUT2D eigenvalue weighted by atomic mass is 9.84. The molecule has 4 rings (SSSR count). The molecule has 2 aromatic rings. The van der Waals surface area contributed by atoms with Gasteiger partial charge in [-0.05, 0) is 30.0 Å². The van der Waals surface area contributed by atoms with Gasteiger partial charge in [0.05, 0.1) is 25.2 Å². The Hall–Kier alpha value is -2.94. The van der Waals surface area contributed by atoms with E-state index in [0.717, 1.165) is 34.7 Å². The van der Waals surface area contributed by atoms with Crippen LogP contribution in [0.3, 0.4) is 0 Å². The third kappa shape index (κ3) is 5.50. The van der Waals surface area contributed by atoms with E-state index in [1.54, 1.807) is 4.90 Å². The number of aromatic nitrogens is 1. The maximum Gasteiger partial charge on any atom is 0.305 e. The molecule has 0 atom stereocenters. The molecule has 1 aromatic carbocycles. The topological polar surface area (TPSA) is 107 Å². The highest BCUT2D eigenvalue weighted by Crippen LogP contribution is 2.42. The number of pyridine rings is 1. The average Bonchev–Trinajstić information content (AvgIpc) is 3.10. The van der Waals surface area contributed by atoms with Crippen LogP contribution in [0.15, 0.2) is 24.3 Å². The van der Waals surface area contributed by atoms with E-state index in [0.29, 0.717) is 37.5 Å². The molecular weight excluding hydrogens is 512 g/mol. The highest BCUT2D eigenvalue weighted by molar-refractivity contribution is 8.93. The fraction of sp³-hybridized carbons (Fsp3) is 0.462. The maximum atomic E-state index is 13.4. The Morgan fingerprint density at radius 3 is 2.60 bits per heavy atom. The first-order valence-electron chi connectivity index (χ1n) is 11.7. The molecule has 2 aliphatic rings. The molecule has 0 aliphatic carbocycles. The van der Waals surface area contributed by atoms with Gasteiger partial charge in [-0.25, -0.2) is 4.98 Å². The van der Waals surface area contributed by atoms with Crippen LogP contribution in [-0.4, -0.2) is 58.8 Å². The van der Waals surface area contributed by atoms with Gasteiger partial charge in [-0.1, -0.05) is 33.8 Å². The second kappa shape index (κ2) is 10.4. The van der Waals surface area contributed by atoms with Crippen molar-refractivity contribution in [1.82, 2.24) is 9.88 Å². The number of halogens is 1. The minimum absolute atomic E-state index is 0. The van der Waals surface area contributed by atoms with Crippen molar-refractivity contribution in [2.75, 3.05) is 31.1 Å². The molecule has 0 amide bonds. The summed E-state index contributed by atoms with van der Waals surface area (Å²) in [6.07, 6.45) is 0.809. The number of fused-ring (bicyclic) bond motifs is 2. The van der Waals surface area contributed by atoms with E-state index in [2.05, 4.69) is 25.8 Å². The lowest BCUT2D eigenvalue weighted by Gasteiger charge is -2.35. The Kier molecular flexibility index (Phi) is 7.89. The van der Waals surface area contributed by atoms with Crippen LogP contribution in [0.2, 0.25) is 0 Å². The summed E-state index contributed by atoms with van der Waals surface area (Å²) in [4.78, 5) is 32.9. The smallest absolute Gasteiger partial charge is 0.305 e. The van der Waals surface area contributed by atoms with Crippen LogP contribution < -0.4 is 9.64 Å². The Balaban J connectivity index is 0.00000342. The zero-order valence-electron chi connectivity index (χ0n) is 20.7. The fourth-order valence-electron chi connectivity index (χ4n) is 4.45. The standard InChI is InChI=1S/C26H32N4O4.BrH/c1-5-18-7-6-16-14-30(25(27)23(16)28-18)15-21(31)17-12-19(26(2,3)4)24-20(13-17)29(10-11-34-24)9-8-22(32)33;/h6-7,12-13,27H,5,8-11,14-15H2,1-4H3,(H,32,33);1H. The maximum absolute atomic E-state index is 13.4. The van der Waals surface area contributed by atoms with Crippen LogP contribution in [0, 0.1) is 5.41 Å². The number of rotatable bonds is 7. The molecular formula is C26H33BrN4O4. The molecule has 0 saturated heterocycles. The number of aliphatic carboxylic acids is 1. The third-order valence-corrected chi connectivity index (χ3v) is 6.38. The highest BCUT2D eigenvalue weighted by atomic mass is 79.9. The minimum Gasteiger partial charge on any atom is -0.489 e. The highest BCUT2D eigenvalue weighted by Gasteiger charge is 2.31. The number of nitrogens with zero attached hydrogens (tertiary/aromatic N) is 3. The van der Waals surface area contributed by atoms with Gasteiger partial charge in [-0.2, -0.15) is 0 Å². The predicted octanol–water partition coefficient (Wildman–Crippen LogP) is 4.22. The molecule has 2 aliphatic heterocycles. The monoisotopic (exact) mass is 544 g/mol. The number of amidine groups is 1. The number of ether oxygens (including phenoxy) is 1. The molecule has 0 radical (unpaired) electrons. The van der Waals surface area contributed by atoms with E-state index in [1.807, 2.05) is 36.1 Å². The summed E-state index contributed by atoms with van der Waals surface area (Å²) in [6, 6.07) is 7.67. The van der Waals surface area contributed by atoms with E-state index in [-0.39, 0.29) is 47.0 Å². The van der Waals surface area contributed by atoms with Gasteiger partial charge in [0.1, 0.15) is 23.9 Å². The summed E-state index contributed by atoms with van der Waals surface area (Å²) >= 11 is 0. The van der Waals surface area contributed by atoms with Crippen molar-refractivity contribution in [2.24, 2.45) is 0 Å². The van der Waals surface area contributed by atoms with Crippen LogP contribution in [-0.2, 0) is 23.2 Å². The summed E-state index contributed by atoms with van der Waals surface area (Å²) in [6.45, 7) is 10.2. The van der Waals surface area contributed by atoms with Crippen molar-refractivity contribution in [3.8, 4) is 5.75 Å². The number of benzene rings is 1. The Bertz CT molecular complexity index is 1160. The fourth-order valence-corrected chi connectivity index (χ4v) is 4.45. The van der Waals surface area contributed by atoms with Gasteiger partial charge in [-0.15, -0.1) is 17.0 Å². The zero-order chi connectivity index (χ0) is 24.6. The van der Waals surface area contributed by atoms with Gasteiger partial charge < -0.3 is 19.6 Å². The molecule has 0 saturated carbocycles. The first kappa shape index (κ1) is 26.7. The molecule has 0 unspecified atom stereocenters. The second-order valence-electron chi connectivity index (χ2n) is 9.89. The van der Waals surface area contributed by atoms with Gasteiger partial charge in [0.25, 0.3) is 0 Å². The Labute approximate surface area is 216 Å². The quantitative estimate of drug-likeness (QED) is 0.502. The number of carbonyl (C=O) groups excluding carboxylic acids is 1. The summed E-state index contributed by atoms with van der Waals surface area (Å²) in [5, 5.41) is 17.7. The number of anilines is 1. The average molecular weight is 545 g/mol. The second-order valence-corrected chi connectivity index (χ2v) is 9.89. The van der Waals surface area contributed by atoms with E-state index >= 15 is 0 Å². The van der Waals surface area contributed by atoms with Crippen molar-refractivity contribution in [1.29, 1.82) is 5.41 Å². The molecule has 0 fully saturated rings. The Morgan fingerprint density at radius 1 is 1.20 bits per heavy atom. The molecule has 8 nitrogen and oxygen atoms in total. The number of ketones is 1. The van der Waals surface area contributed by atoms with Crippen LogP contribution in [0.4, 0.5) is 5.69 Å². The number of nitrogens with one attached hydrogen (secondary N) is 1. The van der Waals surface area contributed by atoms with Crippen LogP contribution in [0.1, 0.15) is 67.0 Å². The van der Waals surface area contributed by atoms with Crippen LogP contribution in [0.5, 0.6) is 5.75 Å². The van der Waals surface area contributed by atoms with Crippen molar-refractivity contribution >= 4 is 40.3 Å². The molecule has 0 bridgehead atoms. The third-order valence-electron chi connectivity index (χ3n) is 6.38. The summed E-state index contributed by atoms with van der Waals surface area (Å²) in [5.74, 6) is 0.0472. The first-order valence-corrected chi connectivity index (χ1v) is 11.7. The zero-order valence-corrected chi connectivity index (χ0v) is 22.4. The van der Waals surface area contributed by atoms with Gasteiger partial charge in [-0.3, -0.25) is 15.0 Å². The van der Waals surface area contributed by atoms with E-state index in [4.69, 9.17) is 15.3 Å². The molecule has 9 heteroatoms. The van der Waals surface area contributed by atoms with Gasteiger partial charge >= 0.3 is 5.97 Å². The van der Waals surface area contributed by atoms with E-state index in [1.165, 1.54) is 0 Å². The number of carboxylic acid groups (broad SMARTS) is 1. The summed E-state index contributed by atoms with van der Waals surface area (Å²) in [7, 11) is 0. The number of aryl methyl sites for hydroxylation is 1. The first-order chi connectivity index (χ1) is 16.1. The largest absolute Gasteiger partial charge is 0.489 e. The lowest BCUT2D eigenvalue weighted by molar-refractivity contribution is -0.136. The van der Waals surface area contributed by atoms with Gasteiger partial charge in [0, 0.05) is 35.5 Å². The number of Topliss-reactive ketones (excluding diaryl/α,β-unsaturated/α-hetero) is 1. The molecule has 2 N–H and O–H groups in total. The van der Waals surface area contributed by atoms with Crippen molar-refractivity contribution in [3.05, 3.63) is 52.3 Å². The molecule has 35 heavy (non-hydrogen) atoms. The molecule has 3 heterocycles. The summed E-state index contributed by atoms with van der Waals surface area (Å²) < 4.78 is 6.01. The predicted molar refractivity (Wildman–Crippen MR) is 141 cm³/mol. The summed E-state index contributed by atoms with van der Waals surface area (Å²) in [5.41, 5.74) is 4.50. The molecule has 0 spiro atoms. The van der Waals surface area contributed by atoms with Gasteiger partial charge in [0.15, 0.2) is 5.78 Å². The van der Waals surface area contributed by atoms with Crippen molar-refractivity contribution < 1.29 is 19.4 Å². The number of carboxylic acids is 1. The molecule has 1 aromatic heterocycles. The number of hydrogen-bond donors (Lipinski definition) is 2. The number of carbonyl (C=O) groups is 2. The van der Waals surface area contributed by atoms with Crippen molar-refractivity contribution in [2.45, 2.75) is 52.5 Å². The molecule has 188 valence electrons. The van der Waals surface area contributed by atoms with E-state index in [9.17, 15) is 9.59 Å². The van der Waals surface area contributed by atoms with Crippen LogP contribution >= 0.6 is 17.0 Å². The normalized spacial score (nSPS) is 14.7. The minimum atomic E-state index is -0.858. The van der Waals surface area contributed by atoms with Crippen LogP contribution in [0.25, 0.3) is 0 Å². The van der Waals surface area contributed by atoms with Crippen molar-refractivity contribution in [3.63, 3.8) is 0 Å².